The van der Waals surface area contributed by atoms with Crippen LogP contribution in [-0.4, -0.2) is 4.98 Å². The van der Waals surface area contributed by atoms with Gasteiger partial charge in [-0.2, -0.15) is 0 Å². The SMILES string of the molecule is CCc1cnc(-c2ccc(F)c3ccccc23)s1. The highest BCUT2D eigenvalue weighted by molar-refractivity contribution is 7.15. The van der Waals surface area contributed by atoms with E-state index in [1.807, 2.05) is 36.5 Å². The maximum atomic E-state index is 13.7. The van der Waals surface area contributed by atoms with Crippen molar-refractivity contribution in [3.8, 4) is 10.6 Å². The van der Waals surface area contributed by atoms with Crippen LogP contribution in [0, 0.1) is 5.82 Å². The first kappa shape index (κ1) is 11.4. The fraction of sp³-hybridized carbons (Fsp3) is 0.133. The summed E-state index contributed by atoms with van der Waals surface area (Å²) in [6.45, 7) is 2.11. The lowest BCUT2D eigenvalue weighted by molar-refractivity contribution is 0.640. The van der Waals surface area contributed by atoms with Crippen molar-refractivity contribution in [3.05, 3.63) is 53.3 Å². The van der Waals surface area contributed by atoms with Gasteiger partial charge in [0.1, 0.15) is 10.8 Å². The number of halogens is 1. The summed E-state index contributed by atoms with van der Waals surface area (Å²) in [5, 5.41) is 2.54. The molecule has 2 aromatic carbocycles. The monoisotopic (exact) mass is 257 g/mol. The van der Waals surface area contributed by atoms with Gasteiger partial charge in [-0.1, -0.05) is 31.2 Å². The molecule has 3 heteroatoms. The van der Waals surface area contributed by atoms with Crippen molar-refractivity contribution >= 4 is 22.1 Å². The molecule has 0 atom stereocenters. The molecule has 1 heterocycles. The Morgan fingerprint density at radius 2 is 1.89 bits per heavy atom. The van der Waals surface area contributed by atoms with E-state index in [1.54, 1.807) is 11.3 Å². The number of aromatic nitrogens is 1. The number of thiazole rings is 1. The minimum atomic E-state index is -0.179. The molecule has 1 nitrogen and oxygen atoms in total. The summed E-state index contributed by atoms with van der Waals surface area (Å²) < 4.78 is 13.7. The molecule has 90 valence electrons. The summed E-state index contributed by atoms with van der Waals surface area (Å²) in [5.41, 5.74) is 1.01. The topological polar surface area (TPSA) is 12.9 Å². The maximum Gasteiger partial charge on any atom is 0.131 e. The largest absolute Gasteiger partial charge is 0.244 e. The van der Waals surface area contributed by atoms with Crippen LogP contribution >= 0.6 is 11.3 Å². The summed E-state index contributed by atoms with van der Waals surface area (Å²) in [7, 11) is 0. The van der Waals surface area contributed by atoms with E-state index >= 15 is 0 Å². The van der Waals surface area contributed by atoms with Crippen LogP contribution in [0.25, 0.3) is 21.3 Å². The van der Waals surface area contributed by atoms with E-state index in [9.17, 15) is 4.39 Å². The van der Waals surface area contributed by atoms with Crippen molar-refractivity contribution in [2.45, 2.75) is 13.3 Å². The van der Waals surface area contributed by atoms with E-state index in [0.29, 0.717) is 5.39 Å². The number of rotatable bonds is 2. The molecule has 0 saturated carbocycles. The first-order valence-corrected chi connectivity index (χ1v) is 6.73. The fourth-order valence-electron chi connectivity index (χ4n) is 2.04. The number of aryl methyl sites for hydroxylation is 1. The van der Waals surface area contributed by atoms with Gasteiger partial charge in [-0.25, -0.2) is 9.37 Å². The van der Waals surface area contributed by atoms with Crippen molar-refractivity contribution in [3.63, 3.8) is 0 Å². The van der Waals surface area contributed by atoms with Crippen molar-refractivity contribution in [1.82, 2.24) is 4.98 Å². The van der Waals surface area contributed by atoms with Crippen molar-refractivity contribution in [2.24, 2.45) is 0 Å². The lowest BCUT2D eigenvalue weighted by atomic mass is 10.0. The smallest absolute Gasteiger partial charge is 0.131 e. The molecular formula is C15H12FNS. The summed E-state index contributed by atoms with van der Waals surface area (Å²) >= 11 is 1.67. The second-order valence-electron chi connectivity index (χ2n) is 4.13. The number of fused-ring (bicyclic) bond motifs is 1. The molecule has 0 aliphatic carbocycles. The van der Waals surface area contributed by atoms with Gasteiger partial charge in [0.2, 0.25) is 0 Å². The quantitative estimate of drug-likeness (QED) is 0.650. The van der Waals surface area contributed by atoms with E-state index in [2.05, 4.69) is 11.9 Å². The van der Waals surface area contributed by atoms with Crippen LogP contribution in [0.1, 0.15) is 11.8 Å². The highest BCUT2D eigenvalue weighted by Crippen LogP contribution is 2.32. The fourth-order valence-corrected chi connectivity index (χ4v) is 2.94. The highest BCUT2D eigenvalue weighted by Gasteiger charge is 2.10. The van der Waals surface area contributed by atoms with Crippen LogP contribution in [0.4, 0.5) is 4.39 Å². The van der Waals surface area contributed by atoms with Gasteiger partial charge in [0, 0.05) is 22.0 Å². The predicted octanol–water partition coefficient (Wildman–Crippen LogP) is 4.66. The second kappa shape index (κ2) is 4.50. The minimum Gasteiger partial charge on any atom is -0.244 e. The van der Waals surface area contributed by atoms with Crippen LogP contribution in [0.2, 0.25) is 0 Å². The van der Waals surface area contributed by atoms with Gasteiger partial charge in [0.25, 0.3) is 0 Å². The summed E-state index contributed by atoms with van der Waals surface area (Å²) in [6, 6.07) is 10.9. The van der Waals surface area contributed by atoms with E-state index in [1.165, 1.54) is 10.9 Å². The maximum absolute atomic E-state index is 13.7. The Kier molecular flexibility index (Phi) is 2.84. The molecule has 0 bridgehead atoms. The summed E-state index contributed by atoms with van der Waals surface area (Å²) in [5.74, 6) is -0.179. The molecule has 3 aromatic rings. The Morgan fingerprint density at radius 1 is 1.11 bits per heavy atom. The van der Waals surface area contributed by atoms with E-state index in [-0.39, 0.29) is 5.82 Å². The number of nitrogens with zero attached hydrogens (tertiary/aromatic N) is 1. The van der Waals surface area contributed by atoms with Gasteiger partial charge in [-0.3, -0.25) is 0 Å². The summed E-state index contributed by atoms with van der Waals surface area (Å²) in [4.78, 5) is 5.68. The predicted molar refractivity (Wildman–Crippen MR) is 74.4 cm³/mol. The molecule has 0 spiro atoms. The Hall–Kier alpha value is -1.74. The van der Waals surface area contributed by atoms with Crippen molar-refractivity contribution < 1.29 is 4.39 Å². The molecule has 0 fully saturated rings. The Bertz CT molecular complexity index is 703. The third kappa shape index (κ3) is 1.81. The third-order valence-electron chi connectivity index (χ3n) is 3.00. The molecule has 3 rings (SSSR count). The normalized spacial score (nSPS) is 11.0. The lowest BCUT2D eigenvalue weighted by Crippen LogP contribution is -1.83. The molecule has 0 unspecified atom stereocenters. The first-order chi connectivity index (χ1) is 8.79. The van der Waals surface area contributed by atoms with Crippen LogP contribution < -0.4 is 0 Å². The van der Waals surface area contributed by atoms with Gasteiger partial charge in [0.05, 0.1) is 0 Å². The zero-order valence-electron chi connectivity index (χ0n) is 9.98. The van der Waals surface area contributed by atoms with Crippen LogP contribution in [0.5, 0.6) is 0 Å². The zero-order chi connectivity index (χ0) is 12.5. The molecule has 0 amide bonds. The molecular weight excluding hydrogens is 245 g/mol. The summed E-state index contributed by atoms with van der Waals surface area (Å²) in [6.07, 6.45) is 2.88. The Labute approximate surface area is 109 Å². The Morgan fingerprint density at radius 3 is 2.61 bits per heavy atom. The average molecular weight is 257 g/mol. The Balaban J connectivity index is 2.26. The van der Waals surface area contributed by atoms with Gasteiger partial charge in [-0.05, 0) is 23.9 Å². The zero-order valence-corrected chi connectivity index (χ0v) is 10.8. The molecule has 0 aliphatic rings. The van der Waals surface area contributed by atoms with E-state index in [0.717, 1.165) is 22.4 Å². The molecule has 0 saturated heterocycles. The van der Waals surface area contributed by atoms with Crippen LogP contribution in [0.3, 0.4) is 0 Å². The van der Waals surface area contributed by atoms with E-state index in [4.69, 9.17) is 0 Å². The molecule has 18 heavy (non-hydrogen) atoms. The second-order valence-corrected chi connectivity index (χ2v) is 5.24. The van der Waals surface area contributed by atoms with Crippen molar-refractivity contribution in [2.75, 3.05) is 0 Å². The minimum absolute atomic E-state index is 0.179. The number of hydrogen-bond donors (Lipinski definition) is 0. The first-order valence-electron chi connectivity index (χ1n) is 5.92. The molecule has 0 N–H and O–H groups in total. The average Bonchev–Trinajstić information content (AvgIpc) is 2.88. The number of benzene rings is 2. The van der Waals surface area contributed by atoms with Crippen molar-refractivity contribution in [1.29, 1.82) is 0 Å². The molecule has 0 radical (unpaired) electrons. The van der Waals surface area contributed by atoms with Gasteiger partial charge < -0.3 is 0 Å². The van der Waals surface area contributed by atoms with E-state index < -0.39 is 0 Å². The molecule has 0 aliphatic heterocycles. The number of hydrogen-bond acceptors (Lipinski definition) is 2. The van der Waals surface area contributed by atoms with Gasteiger partial charge >= 0.3 is 0 Å². The van der Waals surface area contributed by atoms with Crippen LogP contribution in [0.15, 0.2) is 42.6 Å². The lowest BCUT2D eigenvalue weighted by Gasteiger charge is -2.04. The van der Waals surface area contributed by atoms with Gasteiger partial charge in [0.15, 0.2) is 0 Å². The van der Waals surface area contributed by atoms with Gasteiger partial charge in [-0.15, -0.1) is 11.3 Å². The van der Waals surface area contributed by atoms with Crippen LogP contribution in [-0.2, 0) is 6.42 Å². The third-order valence-corrected chi connectivity index (χ3v) is 4.18. The highest BCUT2D eigenvalue weighted by atomic mass is 32.1. The molecule has 1 aromatic heterocycles. The standard InChI is InChI=1S/C15H12FNS/c1-2-10-9-17-15(18-10)13-7-8-14(16)12-6-4-3-5-11(12)13/h3-9H,2H2,1H3.